The number of aromatic nitrogens is 2. The number of unbranched alkanes of at least 4 members (excludes halogenated alkanes) is 1. The first-order valence-electron chi connectivity index (χ1n) is 12.3. The van der Waals surface area contributed by atoms with E-state index in [1.54, 1.807) is 4.72 Å². The molecule has 1 unspecified atom stereocenters. The lowest BCUT2D eigenvalue weighted by molar-refractivity contribution is -0.0429. The fraction of sp³-hybridized carbons (Fsp3) is 0.609. The van der Waals surface area contributed by atoms with Gasteiger partial charge in [-0.2, -0.15) is 21.6 Å². The molecule has 0 radical (unpaired) electrons. The van der Waals surface area contributed by atoms with Crippen LogP contribution in [0.25, 0.3) is 0 Å². The highest BCUT2D eigenvalue weighted by Crippen LogP contribution is 2.41. The fourth-order valence-corrected chi connectivity index (χ4v) is 5.05. The van der Waals surface area contributed by atoms with Crippen molar-refractivity contribution in [1.82, 2.24) is 10.2 Å². The highest BCUT2D eigenvalue weighted by Gasteiger charge is 2.46. The molecule has 15 heteroatoms. The van der Waals surface area contributed by atoms with Gasteiger partial charge in [0.15, 0.2) is 0 Å². The van der Waals surface area contributed by atoms with E-state index < -0.39 is 21.5 Å². The number of anilines is 2. The molecule has 2 aromatic rings. The molecule has 1 atom stereocenters. The molecule has 1 aromatic carbocycles. The number of benzene rings is 1. The van der Waals surface area contributed by atoms with Crippen LogP contribution in [0.2, 0.25) is 0 Å². The number of carbonyl (C=O) groups is 1. The largest absolute Gasteiger partial charge is 0.516 e. The zero-order chi connectivity index (χ0) is 28.1. The van der Waals surface area contributed by atoms with Crippen molar-refractivity contribution in [2.24, 2.45) is 16.1 Å². The summed E-state index contributed by atoms with van der Waals surface area (Å²) in [7, 11) is -5.71. The minimum absolute atomic E-state index is 0.0422. The Balaban J connectivity index is 1.99. The van der Waals surface area contributed by atoms with Gasteiger partial charge in [0.1, 0.15) is 5.69 Å². The van der Waals surface area contributed by atoms with Crippen molar-refractivity contribution >= 4 is 49.5 Å². The number of rotatable bonds is 11. The number of halogens is 3. The Morgan fingerprint density at radius 3 is 2.63 bits per heavy atom. The van der Waals surface area contributed by atoms with E-state index in [1.807, 2.05) is 27.7 Å². The Morgan fingerprint density at radius 2 is 2.00 bits per heavy atom. The second-order valence-electron chi connectivity index (χ2n) is 9.28. The van der Waals surface area contributed by atoms with Gasteiger partial charge in [0.25, 0.3) is 5.13 Å². The van der Waals surface area contributed by atoms with Gasteiger partial charge in [-0.05, 0) is 49.3 Å². The Hall–Kier alpha value is -2.81. The van der Waals surface area contributed by atoms with E-state index in [-0.39, 0.29) is 40.1 Å². The van der Waals surface area contributed by atoms with Crippen LogP contribution in [0.4, 0.5) is 35.4 Å². The van der Waals surface area contributed by atoms with Gasteiger partial charge in [-0.15, -0.1) is 20.4 Å². The first-order chi connectivity index (χ1) is 17.9. The van der Waals surface area contributed by atoms with Crippen LogP contribution in [0.5, 0.6) is 0 Å². The van der Waals surface area contributed by atoms with Crippen molar-refractivity contribution in [3.63, 3.8) is 0 Å². The van der Waals surface area contributed by atoms with E-state index in [0.717, 1.165) is 42.6 Å². The third kappa shape index (κ3) is 7.18. The van der Waals surface area contributed by atoms with Crippen LogP contribution in [0.1, 0.15) is 68.7 Å². The van der Waals surface area contributed by atoms with Crippen LogP contribution in [0.15, 0.2) is 22.4 Å². The average Bonchev–Trinajstić information content (AvgIpc) is 3.32. The van der Waals surface area contributed by atoms with Crippen molar-refractivity contribution in [2.45, 2.75) is 71.3 Å². The Labute approximate surface area is 223 Å². The number of alkyl halides is 3. The lowest BCUT2D eigenvalue weighted by Gasteiger charge is -2.39. The van der Waals surface area contributed by atoms with Crippen molar-refractivity contribution in [3.05, 3.63) is 22.7 Å². The highest BCUT2D eigenvalue weighted by atomic mass is 32.2. The summed E-state index contributed by atoms with van der Waals surface area (Å²) in [6.45, 7) is 8.72. The summed E-state index contributed by atoms with van der Waals surface area (Å²) in [5.74, 6) is -0.554. The lowest BCUT2D eigenvalue weighted by Crippen LogP contribution is -2.39. The van der Waals surface area contributed by atoms with E-state index in [2.05, 4.69) is 25.3 Å². The molecular formula is C23H31F3N6O4S2. The van der Waals surface area contributed by atoms with Crippen LogP contribution >= 0.6 is 11.3 Å². The second kappa shape index (κ2) is 12.4. The fourth-order valence-electron chi connectivity index (χ4n) is 3.92. The third-order valence-electron chi connectivity index (χ3n) is 5.85. The summed E-state index contributed by atoms with van der Waals surface area (Å²) in [6.07, 6.45) is 4.13. The number of hydrogen-bond acceptors (Lipinski definition) is 10. The molecule has 2 heterocycles. The van der Waals surface area contributed by atoms with Crippen molar-refractivity contribution < 1.29 is 31.1 Å². The SMILES string of the molecule is CCCCN1c2cc(NS(=O)(=O)C(F)(F)F)c(N=Nc3nnc(C(=O)OCC(C)C)s3)cc2CCC1CC. The quantitative estimate of drug-likeness (QED) is 0.244. The number of esters is 1. The summed E-state index contributed by atoms with van der Waals surface area (Å²) in [5, 5.41) is 15.3. The number of ether oxygens (including phenoxy) is 1. The predicted octanol–water partition coefficient (Wildman–Crippen LogP) is 6.36. The second-order valence-corrected chi connectivity index (χ2v) is 11.9. The standard InChI is InChI=1S/C23H31F3N6O4S2/c1-5-7-10-32-16(6-2)9-8-15-11-17(18(12-19(15)32)31-38(34,35)23(24,25)26)27-29-22-30-28-20(37-22)21(33)36-13-14(3)4/h11-12,14,16,31H,5-10,13H2,1-4H3. The summed E-state index contributed by atoms with van der Waals surface area (Å²) in [6, 6.07) is 3.11. The zero-order valence-corrected chi connectivity index (χ0v) is 23.2. The van der Waals surface area contributed by atoms with Crippen LogP contribution in [-0.2, 0) is 21.2 Å². The topological polar surface area (TPSA) is 126 Å². The van der Waals surface area contributed by atoms with Gasteiger partial charge in [0, 0.05) is 18.3 Å². The van der Waals surface area contributed by atoms with E-state index in [1.165, 1.54) is 12.1 Å². The predicted molar refractivity (Wildman–Crippen MR) is 139 cm³/mol. The number of fused-ring (bicyclic) bond motifs is 1. The van der Waals surface area contributed by atoms with Gasteiger partial charge in [0.2, 0.25) is 5.01 Å². The molecule has 210 valence electrons. The lowest BCUT2D eigenvalue weighted by atomic mass is 9.93. The molecule has 38 heavy (non-hydrogen) atoms. The van der Waals surface area contributed by atoms with Gasteiger partial charge in [-0.3, -0.25) is 4.72 Å². The minimum atomic E-state index is -5.71. The number of hydrogen-bond donors (Lipinski definition) is 1. The maximum absolute atomic E-state index is 13.2. The Kier molecular flexibility index (Phi) is 9.68. The van der Waals surface area contributed by atoms with E-state index in [0.29, 0.717) is 18.7 Å². The molecule has 1 N–H and O–H groups in total. The molecule has 0 aliphatic carbocycles. The van der Waals surface area contributed by atoms with Gasteiger partial charge in [0.05, 0.1) is 12.3 Å². The summed E-state index contributed by atoms with van der Waals surface area (Å²) < 4.78 is 70.3. The molecule has 0 fully saturated rings. The average molecular weight is 577 g/mol. The van der Waals surface area contributed by atoms with E-state index >= 15 is 0 Å². The minimum Gasteiger partial charge on any atom is -0.460 e. The van der Waals surface area contributed by atoms with Gasteiger partial charge in [-0.25, -0.2) is 4.79 Å². The summed E-state index contributed by atoms with van der Waals surface area (Å²) in [5.41, 5.74) is -4.49. The molecule has 0 saturated carbocycles. The number of nitrogens with zero attached hydrogens (tertiary/aromatic N) is 5. The first kappa shape index (κ1) is 29.7. The molecule has 0 saturated heterocycles. The molecule has 1 aliphatic heterocycles. The normalized spacial score (nSPS) is 16.2. The zero-order valence-electron chi connectivity index (χ0n) is 21.6. The van der Waals surface area contributed by atoms with Crippen LogP contribution in [-0.4, -0.2) is 49.3 Å². The Morgan fingerprint density at radius 1 is 1.26 bits per heavy atom. The van der Waals surface area contributed by atoms with E-state index in [9.17, 15) is 26.4 Å². The molecule has 0 bridgehead atoms. The van der Waals surface area contributed by atoms with Crippen molar-refractivity contribution in [3.8, 4) is 0 Å². The van der Waals surface area contributed by atoms with E-state index in [4.69, 9.17) is 4.74 Å². The molecule has 0 spiro atoms. The van der Waals surface area contributed by atoms with Crippen molar-refractivity contribution in [2.75, 3.05) is 22.8 Å². The number of sulfonamides is 1. The molecule has 1 aromatic heterocycles. The molecule has 0 amide bonds. The molecule has 10 nitrogen and oxygen atoms in total. The highest BCUT2D eigenvalue weighted by molar-refractivity contribution is 7.93. The first-order valence-corrected chi connectivity index (χ1v) is 14.6. The van der Waals surface area contributed by atoms with Gasteiger partial charge < -0.3 is 9.64 Å². The summed E-state index contributed by atoms with van der Waals surface area (Å²) >= 11 is 0.793. The maximum Gasteiger partial charge on any atom is 0.516 e. The Bertz CT molecular complexity index is 1260. The van der Waals surface area contributed by atoms with Crippen molar-refractivity contribution in [1.29, 1.82) is 0 Å². The monoisotopic (exact) mass is 576 g/mol. The smallest absolute Gasteiger partial charge is 0.460 e. The number of carbonyl (C=O) groups excluding carboxylic acids is 1. The number of nitrogens with one attached hydrogen (secondary N) is 1. The molecular weight excluding hydrogens is 545 g/mol. The maximum atomic E-state index is 13.2. The number of azo groups is 1. The molecule has 1 aliphatic rings. The van der Waals surface area contributed by atoms with Crippen LogP contribution < -0.4 is 9.62 Å². The third-order valence-corrected chi connectivity index (χ3v) is 7.73. The molecule has 3 rings (SSSR count). The van der Waals surface area contributed by atoms with Gasteiger partial charge in [-0.1, -0.05) is 45.5 Å². The van der Waals surface area contributed by atoms with Crippen LogP contribution in [0.3, 0.4) is 0 Å². The van der Waals surface area contributed by atoms with Gasteiger partial charge >= 0.3 is 21.5 Å². The number of aryl methyl sites for hydroxylation is 1. The van der Waals surface area contributed by atoms with Crippen LogP contribution in [0, 0.1) is 5.92 Å². The summed E-state index contributed by atoms with van der Waals surface area (Å²) in [4.78, 5) is 14.2.